The number of likely N-dealkylation sites (N-methyl/N-ethyl adjacent to an activating group) is 1. The van der Waals surface area contributed by atoms with E-state index in [1.807, 2.05) is 12.1 Å². The van der Waals surface area contributed by atoms with Crippen LogP contribution < -0.4 is 5.43 Å². The zero-order valence-corrected chi connectivity index (χ0v) is 4.73. The number of rotatable bonds is 0. The Morgan fingerprint density at radius 1 is 1.86 bits per heavy atom. The standard InChI is InChI=1S/C5H10N2/c1-4-5(2)7(3)6-4/h4,6H,2H2,1,3H3. The van der Waals surface area contributed by atoms with Crippen molar-refractivity contribution in [1.29, 1.82) is 0 Å². The van der Waals surface area contributed by atoms with Crippen LogP contribution in [0, 0.1) is 0 Å². The van der Waals surface area contributed by atoms with E-state index in [-0.39, 0.29) is 0 Å². The van der Waals surface area contributed by atoms with Gasteiger partial charge in [0.15, 0.2) is 0 Å². The monoisotopic (exact) mass is 98.1 g/mol. The Hall–Kier alpha value is -0.500. The maximum atomic E-state index is 3.79. The van der Waals surface area contributed by atoms with Crippen molar-refractivity contribution < 1.29 is 0 Å². The number of nitrogens with one attached hydrogen (secondary N) is 1. The van der Waals surface area contributed by atoms with Gasteiger partial charge in [0.05, 0.1) is 6.04 Å². The van der Waals surface area contributed by atoms with Crippen LogP contribution in [0.3, 0.4) is 0 Å². The van der Waals surface area contributed by atoms with Crippen LogP contribution in [0.2, 0.25) is 0 Å². The molecule has 0 bridgehead atoms. The van der Waals surface area contributed by atoms with Crippen LogP contribution in [0.4, 0.5) is 0 Å². The Morgan fingerprint density at radius 3 is 2.43 bits per heavy atom. The van der Waals surface area contributed by atoms with Gasteiger partial charge in [-0.3, -0.25) is 0 Å². The molecular formula is C5H10N2. The van der Waals surface area contributed by atoms with Gasteiger partial charge in [-0.15, -0.1) is 0 Å². The van der Waals surface area contributed by atoms with Crippen molar-refractivity contribution in [3.05, 3.63) is 12.3 Å². The fourth-order valence-electron chi connectivity index (χ4n) is 0.672. The SMILES string of the molecule is C=C1C(C)NN1C. The summed E-state index contributed by atoms with van der Waals surface area (Å²) in [4.78, 5) is 0. The summed E-state index contributed by atoms with van der Waals surface area (Å²) in [6, 6.07) is 0.491. The summed E-state index contributed by atoms with van der Waals surface area (Å²) in [5.74, 6) is 0. The quantitative estimate of drug-likeness (QED) is 0.470. The largest absolute Gasteiger partial charge is 0.314 e. The van der Waals surface area contributed by atoms with Gasteiger partial charge < -0.3 is 5.01 Å². The minimum Gasteiger partial charge on any atom is -0.314 e. The van der Waals surface area contributed by atoms with E-state index in [0.717, 1.165) is 0 Å². The highest BCUT2D eigenvalue weighted by Crippen LogP contribution is 2.11. The van der Waals surface area contributed by atoms with E-state index in [1.165, 1.54) is 5.70 Å². The highest BCUT2D eigenvalue weighted by molar-refractivity contribution is 5.08. The van der Waals surface area contributed by atoms with Crippen LogP contribution in [0.25, 0.3) is 0 Å². The molecule has 0 aromatic rings. The van der Waals surface area contributed by atoms with E-state index >= 15 is 0 Å². The summed E-state index contributed by atoms with van der Waals surface area (Å²) in [6.45, 7) is 5.87. The molecule has 0 aromatic carbocycles. The molecule has 1 fully saturated rings. The fourth-order valence-corrected chi connectivity index (χ4v) is 0.672. The topological polar surface area (TPSA) is 15.3 Å². The first-order chi connectivity index (χ1) is 3.22. The Bertz CT molecular complexity index is 88.3. The number of nitrogens with zero attached hydrogens (tertiary/aromatic N) is 1. The molecule has 1 aliphatic heterocycles. The molecule has 1 N–H and O–H groups in total. The number of hydrazine groups is 1. The molecule has 0 spiro atoms. The van der Waals surface area contributed by atoms with Crippen LogP contribution in [-0.2, 0) is 0 Å². The molecule has 7 heavy (non-hydrogen) atoms. The van der Waals surface area contributed by atoms with Gasteiger partial charge in [0.25, 0.3) is 0 Å². The predicted molar refractivity (Wildman–Crippen MR) is 29.5 cm³/mol. The van der Waals surface area contributed by atoms with Gasteiger partial charge in [-0.05, 0) is 6.92 Å². The highest BCUT2D eigenvalue weighted by Gasteiger charge is 2.20. The predicted octanol–water partition coefficient (Wildman–Crippen LogP) is 0.339. The second kappa shape index (κ2) is 1.23. The second-order valence-corrected chi connectivity index (χ2v) is 1.90. The first kappa shape index (κ1) is 4.65. The zero-order chi connectivity index (χ0) is 5.44. The summed E-state index contributed by atoms with van der Waals surface area (Å²) in [7, 11) is 1.96. The lowest BCUT2D eigenvalue weighted by Crippen LogP contribution is -2.55. The molecule has 0 aromatic heterocycles. The molecule has 0 radical (unpaired) electrons. The van der Waals surface area contributed by atoms with Gasteiger partial charge in [-0.25, -0.2) is 5.43 Å². The summed E-state index contributed by atoms with van der Waals surface area (Å²) >= 11 is 0. The molecule has 40 valence electrons. The van der Waals surface area contributed by atoms with Crippen LogP contribution in [0.1, 0.15) is 6.92 Å². The van der Waals surface area contributed by atoms with Crippen molar-refractivity contribution in [3.63, 3.8) is 0 Å². The third-order valence-electron chi connectivity index (χ3n) is 1.32. The van der Waals surface area contributed by atoms with E-state index in [2.05, 4.69) is 18.9 Å². The molecule has 0 amide bonds. The molecule has 2 heteroatoms. The average molecular weight is 98.1 g/mol. The van der Waals surface area contributed by atoms with Crippen molar-refractivity contribution in [1.82, 2.24) is 10.4 Å². The van der Waals surface area contributed by atoms with Crippen LogP contribution in [0.15, 0.2) is 12.3 Å². The smallest absolute Gasteiger partial charge is 0.0640 e. The molecule has 0 saturated carbocycles. The van der Waals surface area contributed by atoms with E-state index in [1.54, 1.807) is 0 Å². The second-order valence-electron chi connectivity index (χ2n) is 1.90. The van der Waals surface area contributed by atoms with E-state index in [0.29, 0.717) is 6.04 Å². The van der Waals surface area contributed by atoms with Crippen molar-refractivity contribution in [2.75, 3.05) is 7.05 Å². The van der Waals surface area contributed by atoms with Gasteiger partial charge in [0.2, 0.25) is 0 Å². The maximum absolute atomic E-state index is 3.79. The van der Waals surface area contributed by atoms with E-state index in [4.69, 9.17) is 0 Å². The van der Waals surface area contributed by atoms with Crippen LogP contribution in [0.5, 0.6) is 0 Å². The van der Waals surface area contributed by atoms with Crippen molar-refractivity contribution in [2.24, 2.45) is 0 Å². The summed E-state index contributed by atoms with van der Waals surface area (Å²) in [5, 5.41) is 1.92. The van der Waals surface area contributed by atoms with Gasteiger partial charge >= 0.3 is 0 Å². The molecule has 1 atom stereocenters. The first-order valence-corrected chi connectivity index (χ1v) is 2.40. The molecule has 1 rings (SSSR count). The zero-order valence-electron chi connectivity index (χ0n) is 4.73. The van der Waals surface area contributed by atoms with E-state index in [9.17, 15) is 0 Å². The molecule has 1 aliphatic rings. The lowest BCUT2D eigenvalue weighted by atomic mass is 10.2. The molecular weight excluding hydrogens is 88.1 g/mol. The molecule has 1 unspecified atom stereocenters. The highest BCUT2D eigenvalue weighted by atomic mass is 15.6. The third-order valence-corrected chi connectivity index (χ3v) is 1.32. The summed E-state index contributed by atoms with van der Waals surface area (Å²) in [6.07, 6.45) is 0. The third kappa shape index (κ3) is 0.509. The molecule has 0 aliphatic carbocycles. The lowest BCUT2D eigenvalue weighted by Gasteiger charge is -2.39. The molecule has 1 heterocycles. The van der Waals surface area contributed by atoms with Crippen molar-refractivity contribution in [2.45, 2.75) is 13.0 Å². The van der Waals surface area contributed by atoms with Gasteiger partial charge in [0.1, 0.15) is 0 Å². The number of hydrogen-bond acceptors (Lipinski definition) is 2. The Balaban J connectivity index is 2.44. The molecule has 2 nitrogen and oxygen atoms in total. The lowest BCUT2D eigenvalue weighted by molar-refractivity contribution is 0.159. The average Bonchev–Trinajstić information content (AvgIpc) is 1.68. The van der Waals surface area contributed by atoms with Gasteiger partial charge in [-0.1, -0.05) is 6.58 Å². The van der Waals surface area contributed by atoms with Crippen LogP contribution >= 0.6 is 0 Å². The summed E-state index contributed by atoms with van der Waals surface area (Å²) in [5.41, 5.74) is 4.26. The minimum absolute atomic E-state index is 0.491. The number of hydrogen-bond donors (Lipinski definition) is 1. The van der Waals surface area contributed by atoms with Crippen molar-refractivity contribution in [3.8, 4) is 0 Å². The van der Waals surface area contributed by atoms with Gasteiger partial charge in [-0.2, -0.15) is 0 Å². The summed E-state index contributed by atoms with van der Waals surface area (Å²) < 4.78 is 0. The Labute approximate surface area is 43.8 Å². The van der Waals surface area contributed by atoms with Gasteiger partial charge in [0, 0.05) is 12.7 Å². The Kier molecular flexibility index (Phi) is 0.820. The maximum Gasteiger partial charge on any atom is 0.0640 e. The van der Waals surface area contributed by atoms with E-state index < -0.39 is 0 Å². The normalized spacial score (nSPS) is 30.3. The Morgan fingerprint density at radius 2 is 2.43 bits per heavy atom. The van der Waals surface area contributed by atoms with Crippen LogP contribution in [-0.4, -0.2) is 18.1 Å². The molecule has 1 saturated heterocycles. The fraction of sp³-hybridized carbons (Fsp3) is 0.600. The first-order valence-electron chi connectivity index (χ1n) is 2.40. The van der Waals surface area contributed by atoms with Crippen molar-refractivity contribution >= 4 is 0 Å². The minimum atomic E-state index is 0.491.